The van der Waals surface area contributed by atoms with Gasteiger partial charge in [-0.05, 0) is 11.4 Å². The highest BCUT2D eigenvalue weighted by molar-refractivity contribution is 7.12. The minimum atomic E-state index is -1.33. The van der Waals surface area contributed by atoms with E-state index in [1.807, 2.05) is 0 Å². The minimum absolute atomic E-state index is 0.104. The third-order valence-electron chi connectivity index (χ3n) is 1.26. The highest BCUT2D eigenvalue weighted by Crippen LogP contribution is 2.10. The summed E-state index contributed by atoms with van der Waals surface area (Å²) in [6.45, 7) is 0. The van der Waals surface area contributed by atoms with Gasteiger partial charge in [0.05, 0.1) is 4.88 Å². The molecule has 4 nitrogen and oxygen atoms in total. The van der Waals surface area contributed by atoms with Crippen molar-refractivity contribution in [1.29, 1.82) is 0 Å². The molecule has 0 saturated carbocycles. The summed E-state index contributed by atoms with van der Waals surface area (Å²) in [6, 6.07) is 3.36. The first kappa shape index (κ1) is 12.2. The van der Waals surface area contributed by atoms with E-state index in [-0.39, 0.29) is 5.71 Å². The van der Waals surface area contributed by atoms with Crippen molar-refractivity contribution in [1.82, 2.24) is 0 Å². The van der Waals surface area contributed by atoms with Crippen LogP contribution in [0.3, 0.4) is 0 Å². The van der Waals surface area contributed by atoms with Gasteiger partial charge in [0.25, 0.3) is 6.29 Å². The summed E-state index contributed by atoms with van der Waals surface area (Å²) in [5.41, 5.74) is -0.104. The molecule has 0 atom stereocenters. The van der Waals surface area contributed by atoms with Crippen LogP contribution in [-0.2, 0) is 14.4 Å². The number of carbonyl (C=O) groups is 1. The summed E-state index contributed by atoms with van der Waals surface area (Å²) in [5.74, 6) is -0.942. The zero-order valence-electron chi connectivity index (χ0n) is 7.15. The molecule has 0 spiro atoms. The van der Waals surface area contributed by atoms with E-state index in [2.05, 4.69) is 9.99 Å². The number of rotatable bonds is 4. The van der Waals surface area contributed by atoms with Gasteiger partial charge in [0, 0.05) is 0 Å². The second kappa shape index (κ2) is 5.85. The first-order valence-electron chi connectivity index (χ1n) is 3.64. The van der Waals surface area contributed by atoms with Crippen LogP contribution in [0.2, 0.25) is 0 Å². The Labute approximate surface area is 99.4 Å². The number of halogens is 2. The van der Waals surface area contributed by atoms with Gasteiger partial charge in [0.2, 0.25) is 4.84 Å². The van der Waals surface area contributed by atoms with Crippen molar-refractivity contribution in [3.8, 4) is 0 Å². The summed E-state index contributed by atoms with van der Waals surface area (Å²) in [4.78, 5) is 24.8. The zero-order valence-corrected chi connectivity index (χ0v) is 9.47. The van der Waals surface area contributed by atoms with Crippen molar-refractivity contribution in [2.75, 3.05) is 0 Å². The second-order valence-electron chi connectivity index (χ2n) is 2.23. The molecule has 0 aliphatic carbocycles. The number of hydrogen-bond donors (Lipinski definition) is 0. The van der Waals surface area contributed by atoms with Crippen molar-refractivity contribution >= 4 is 52.5 Å². The molecular weight excluding hydrogens is 261 g/mol. The van der Waals surface area contributed by atoms with Crippen molar-refractivity contribution in [2.24, 2.45) is 5.16 Å². The number of thiophene rings is 1. The monoisotopic (exact) mass is 264 g/mol. The summed E-state index contributed by atoms with van der Waals surface area (Å²) >= 11 is 11.7. The molecule has 0 aromatic carbocycles. The van der Waals surface area contributed by atoms with Crippen LogP contribution in [0.5, 0.6) is 0 Å². The van der Waals surface area contributed by atoms with Gasteiger partial charge in [-0.15, -0.1) is 11.3 Å². The fourth-order valence-corrected chi connectivity index (χ4v) is 1.39. The molecule has 0 fully saturated rings. The first-order chi connectivity index (χ1) is 7.15. The van der Waals surface area contributed by atoms with E-state index in [0.29, 0.717) is 4.88 Å². The lowest BCUT2D eigenvalue weighted by molar-refractivity contribution is -0.141. The van der Waals surface area contributed by atoms with Crippen LogP contribution in [0.15, 0.2) is 22.7 Å². The minimum Gasteiger partial charge on any atom is -0.314 e. The lowest BCUT2D eigenvalue weighted by Crippen LogP contribution is -2.11. The second-order valence-corrected chi connectivity index (χ2v) is 4.27. The molecule has 7 heteroatoms. The maximum atomic E-state index is 10.8. The molecule has 0 amide bonds. The molecule has 0 aliphatic heterocycles. The van der Waals surface area contributed by atoms with Gasteiger partial charge >= 0.3 is 5.97 Å². The maximum absolute atomic E-state index is 10.8. The fraction of sp³-hybridized carbons (Fsp3) is 0.125. The topological polar surface area (TPSA) is 55.7 Å². The van der Waals surface area contributed by atoms with Crippen LogP contribution in [0.4, 0.5) is 0 Å². The van der Waals surface area contributed by atoms with Gasteiger partial charge in [-0.25, -0.2) is 4.79 Å². The van der Waals surface area contributed by atoms with Crippen LogP contribution in [-0.4, -0.2) is 22.8 Å². The quantitative estimate of drug-likeness (QED) is 0.361. The van der Waals surface area contributed by atoms with Crippen LogP contribution >= 0.6 is 34.5 Å². The van der Waals surface area contributed by atoms with Crippen molar-refractivity contribution in [2.45, 2.75) is 4.84 Å². The third-order valence-corrected chi connectivity index (χ3v) is 2.49. The van der Waals surface area contributed by atoms with E-state index in [1.54, 1.807) is 23.8 Å². The number of carbonyl (C=O) groups excluding carboxylic acids is 2. The maximum Gasteiger partial charge on any atom is 0.367 e. The van der Waals surface area contributed by atoms with Crippen LogP contribution in [0.25, 0.3) is 0 Å². The van der Waals surface area contributed by atoms with E-state index >= 15 is 0 Å². The largest absolute Gasteiger partial charge is 0.367 e. The Morgan fingerprint density at radius 2 is 2.33 bits per heavy atom. The number of hydrogen-bond acceptors (Lipinski definition) is 5. The normalized spacial score (nSPS) is 11.5. The zero-order chi connectivity index (χ0) is 11.3. The Morgan fingerprint density at radius 3 is 2.80 bits per heavy atom. The van der Waals surface area contributed by atoms with Crippen LogP contribution < -0.4 is 0 Å². The Balaban J connectivity index is 2.72. The molecule has 1 rings (SSSR count). The Hall–Kier alpha value is -0.910. The number of oxime groups is 1. The molecule has 1 radical (unpaired) electrons. The van der Waals surface area contributed by atoms with Gasteiger partial charge in [-0.1, -0.05) is 34.4 Å². The molecule has 15 heavy (non-hydrogen) atoms. The van der Waals surface area contributed by atoms with E-state index < -0.39 is 10.8 Å². The highest BCUT2D eigenvalue weighted by atomic mass is 35.5. The average molecular weight is 265 g/mol. The molecular formula is C8H4Cl2NO3S. The summed E-state index contributed by atoms with van der Waals surface area (Å²) in [6.07, 6.45) is 1.55. The molecule has 0 saturated heterocycles. The van der Waals surface area contributed by atoms with Crippen LogP contribution in [0, 0.1) is 0 Å². The molecule has 1 aromatic heterocycles. The van der Waals surface area contributed by atoms with Crippen molar-refractivity contribution < 1.29 is 14.4 Å². The standard InChI is InChI=1S/C8H4Cl2NO3S/c9-7(10)8(13)14-11-5(4-12)6-2-1-3-15-6/h1-3,7H/b11-5+. The molecule has 1 aromatic rings. The van der Waals surface area contributed by atoms with Gasteiger partial charge in [-0.3, -0.25) is 4.79 Å². The van der Waals surface area contributed by atoms with Gasteiger partial charge in [-0.2, -0.15) is 0 Å². The van der Waals surface area contributed by atoms with Crippen LogP contribution in [0.1, 0.15) is 4.88 Å². The van der Waals surface area contributed by atoms with Gasteiger partial charge < -0.3 is 4.84 Å². The van der Waals surface area contributed by atoms with Crippen molar-refractivity contribution in [3.05, 3.63) is 22.4 Å². The summed E-state index contributed by atoms with van der Waals surface area (Å²) < 4.78 is 0. The summed E-state index contributed by atoms with van der Waals surface area (Å²) in [5, 5.41) is 5.04. The van der Waals surface area contributed by atoms with E-state index in [4.69, 9.17) is 23.2 Å². The molecule has 0 aliphatic rings. The average Bonchev–Trinajstić information content (AvgIpc) is 2.71. The lowest BCUT2D eigenvalue weighted by atomic mass is 10.3. The van der Waals surface area contributed by atoms with Crippen molar-refractivity contribution in [3.63, 3.8) is 0 Å². The molecule has 1 heterocycles. The first-order valence-corrected chi connectivity index (χ1v) is 5.39. The number of nitrogens with zero attached hydrogens (tertiary/aromatic N) is 1. The molecule has 0 bridgehead atoms. The highest BCUT2D eigenvalue weighted by Gasteiger charge is 2.14. The smallest absolute Gasteiger partial charge is 0.314 e. The molecule has 0 N–H and O–H groups in total. The van der Waals surface area contributed by atoms with Gasteiger partial charge in [0.15, 0.2) is 5.71 Å². The lowest BCUT2D eigenvalue weighted by Gasteiger charge is -1.97. The summed E-state index contributed by atoms with van der Waals surface area (Å²) in [7, 11) is 0. The molecule has 0 unspecified atom stereocenters. The third kappa shape index (κ3) is 3.62. The van der Waals surface area contributed by atoms with E-state index in [1.165, 1.54) is 11.3 Å². The Kier molecular flexibility index (Phi) is 4.74. The van der Waals surface area contributed by atoms with E-state index in [9.17, 15) is 9.59 Å². The molecule has 79 valence electrons. The SMILES string of the molecule is O=[C]/C(=N\OC(=O)C(Cl)Cl)c1cccs1. The Morgan fingerprint density at radius 1 is 1.60 bits per heavy atom. The van der Waals surface area contributed by atoms with Gasteiger partial charge in [0.1, 0.15) is 0 Å². The van der Waals surface area contributed by atoms with E-state index in [0.717, 1.165) is 0 Å². The predicted molar refractivity (Wildman–Crippen MR) is 58.1 cm³/mol. The fourth-order valence-electron chi connectivity index (χ4n) is 0.658. The predicted octanol–water partition coefficient (Wildman–Crippen LogP) is 1.91. The Bertz CT molecular complexity index is 375. The number of alkyl halides is 2.